The molecule has 4 nitrogen and oxygen atoms in total. The average molecular weight is 194 g/mol. The molecule has 0 aliphatic heterocycles. The molecule has 0 N–H and O–H groups in total. The summed E-state index contributed by atoms with van der Waals surface area (Å²) in [6.07, 6.45) is 2.49. The molecule has 0 atom stereocenters. The number of nitrogens with zero attached hydrogens (tertiary/aromatic N) is 2. The van der Waals surface area contributed by atoms with E-state index in [1.54, 1.807) is 11.8 Å². The zero-order valence-corrected chi connectivity index (χ0v) is 8.54. The summed E-state index contributed by atoms with van der Waals surface area (Å²) >= 11 is 0. The highest BCUT2D eigenvalue weighted by Crippen LogP contribution is 2.23. The number of Topliss-reactive ketones (excluding diaryl/α,β-unsaturated/α-hetero) is 1. The molecule has 0 bridgehead atoms. The molecule has 76 valence electrons. The summed E-state index contributed by atoms with van der Waals surface area (Å²) in [6.45, 7) is 0.463. The maximum Gasteiger partial charge on any atom is 0.166 e. The van der Waals surface area contributed by atoms with E-state index in [4.69, 9.17) is 4.74 Å². The molecule has 0 fully saturated rings. The fourth-order valence-corrected chi connectivity index (χ4v) is 1.96. The first-order valence-electron chi connectivity index (χ1n) is 4.81. The minimum absolute atomic E-state index is 0.214. The second-order valence-corrected chi connectivity index (χ2v) is 3.60. The number of carbonyl (C=O) groups excluding carboxylic acids is 1. The SMILES string of the molecule is COCc1c2c(nn1C)CCCC2=O. The molecule has 1 aliphatic carbocycles. The molecule has 1 aromatic rings. The molecular formula is C10H14N2O2. The lowest BCUT2D eigenvalue weighted by molar-refractivity contribution is 0.0967. The lowest BCUT2D eigenvalue weighted by atomic mass is 9.95. The molecule has 0 saturated carbocycles. The Labute approximate surface area is 82.9 Å². The Hall–Kier alpha value is -1.16. The van der Waals surface area contributed by atoms with Gasteiger partial charge < -0.3 is 4.74 Å². The summed E-state index contributed by atoms with van der Waals surface area (Å²) in [5.74, 6) is 0.214. The van der Waals surface area contributed by atoms with Crippen LogP contribution in [0.1, 0.15) is 34.6 Å². The zero-order chi connectivity index (χ0) is 10.1. The number of ketones is 1. The fourth-order valence-electron chi connectivity index (χ4n) is 1.96. The predicted molar refractivity (Wildman–Crippen MR) is 51.2 cm³/mol. The quantitative estimate of drug-likeness (QED) is 0.707. The van der Waals surface area contributed by atoms with Crippen molar-refractivity contribution in [3.05, 3.63) is 17.0 Å². The number of aromatic nitrogens is 2. The van der Waals surface area contributed by atoms with Crippen molar-refractivity contribution in [1.82, 2.24) is 9.78 Å². The van der Waals surface area contributed by atoms with Crippen LogP contribution in [0.5, 0.6) is 0 Å². The maximum atomic E-state index is 11.7. The van der Waals surface area contributed by atoms with Crippen LogP contribution < -0.4 is 0 Å². The summed E-state index contributed by atoms with van der Waals surface area (Å²) in [5.41, 5.74) is 2.66. The molecule has 14 heavy (non-hydrogen) atoms. The van der Waals surface area contributed by atoms with Gasteiger partial charge in [-0.1, -0.05) is 0 Å². The van der Waals surface area contributed by atoms with E-state index in [9.17, 15) is 4.79 Å². The van der Waals surface area contributed by atoms with E-state index in [0.717, 1.165) is 29.8 Å². The minimum atomic E-state index is 0.214. The molecule has 1 heterocycles. The van der Waals surface area contributed by atoms with Gasteiger partial charge in [-0.2, -0.15) is 5.10 Å². The van der Waals surface area contributed by atoms with E-state index in [1.165, 1.54) is 0 Å². The summed E-state index contributed by atoms with van der Waals surface area (Å²) in [5, 5.41) is 4.34. The number of aryl methyl sites for hydroxylation is 2. The van der Waals surface area contributed by atoms with Gasteiger partial charge in [-0.05, 0) is 12.8 Å². The number of fused-ring (bicyclic) bond motifs is 1. The Morgan fingerprint density at radius 3 is 3.00 bits per heavy atom. The van der Waals surface area contributed by atoms with Crippen LogP contribution in [0.3, 0.4) is 0 Å². The van der Waals surface area contributed by atoms with Gasteiger partial charge >= 0.3 is 0 Å². The van der Waals surface area contributed by atoms with E-state index >= 15 is 0 Å². The number of carbonyl (C=O) groups is 1. The molecule has 0 spiro atoms. The second kappa shape index (κ2) is 3.53. The molecule has 1 aromatic heterocycles. The average Bonchev–Trinajstić information content (AvgIpc) is 2.45. The summed E-state index contributed by atoms with van der Waals surface area (Å²) < 4.78 is 6.83. The Balaban J connectivity index is 2.48. The van der Waals surface area contributed by atoms with Crippen LogP contribution in [-0.2, 0) is 24.8 Å². The van der Waals surface area contributed by atoms with Crippen molar-refractivity contribution in [2.75, 3.05) is 7.11 Å². The topological polar surface area (TPSA) is 44.1 Å². The normalized spacial score (nSPS) is 15.7. The van der Waals surface area contributed by atoms with E-state index in [0.29, 0.717) is 13.0 Å². The second-order valence-electron chi connectivity index (χ2n) is 3.60. The molecule has 0 radical (unpaired) electrons. The van der Waals surface area contributed by atoms with Crippen molar-refractivity contribution in [2.45, 2.75) is 25.9 Å². The molecule has 1 aliphatic rings. The molecule has 0 aromatic carbocycles. The molecule has 0 amide bonds. The smallest absolute Gasteiger partial charge is 0.166 e. The van der Waals surface area contributed by atoms with Crippen molar-refractivity contribution in [3.8, 4) is 0 Å². The third kappa shape index (κ3) is 1.35. The first-order valence-corrected chi connectivity index (χ1v) is 4.81. The highest BCUT2D eigenvalue weighted by atomic mass is 16.5. The maximum absolute atomic E-state index is 11.7. The number of rotatable bonds is 2. The highest BCUT2D eigenvalue weighted by molar-refractivity contribution is 5.99. The molecular weight excluding hydrogens is 180 g/mol. The van der Waals surface area contributed by atoms with Crippen molar-refractivity contribution in [3.63, 3.8) is 0 Å². The molecule has 0 saturated heterocycles. The van der Waals surface area contributed by atoms with Crippen molar-refractivity contribution < 1.29 is 9.53 Å². The standard InChI is InChI=1S/C10H14N2O2/c1-12-8(6-14-2)10-7(11-12)4-3-5-9(10)13/h3-6H2,1-2H3. The Morgan fingerprint density at radius 1 is 1.50 bits per heavy atom. The van der Waals surface area contributed by atoms with Gasteiger partial charge in [-0.3, -0.25) is 9.48 Å². The van der Waals surface area contributed by atoms with E-state index in [2.05, 4.69) is 5.10 Å². The van der Waals surface area contributed by atoms with Crippen LogP contribution in [0.15, 0.2) is 0 Å². The molecule has 4 heteroatoms. The van der Waals surface area contributed by atoms with Crippen molar-refractivity contribution in [2.24, 2.45) is 7.05 Å². The largest absolute Gasteiger partial charge is 0.378 e. The summed E-state index contributed by atoms with van der Waals surface area (Å²) in [7, 11) is 3.49. The van der Waals surface area contributed by atoms with Gasteiger partial charge in [0.25, 0.3) is 0 Å². The van der Waals surface area contributed by atoms with Gasteiger partial charge in [0.15, 0.2) is 5.78 Å². The predicted octanol–water partition coefficient (Wildman–Crippen LogP) is 1.09. The highest BCUT2D eigenvalue weighted by Gasteiger charge is 2.25. The number of methoxy groups -OCH3 is 1. The van der Waals surface area contributed by atoms with Crippen molar-refractivity contribution >= 4 is 5.78 Å². The van der Waals surface area contributed by atoms with Crippen LogP contribution in [0.4, 0.5) is 0 Å². The Morgan fingerprint density at radius 2 is 2.29 bits per heavy atom. The lowest BCUT2D eigenvalue weighted by Gasteiger charge is -2.09. The monoisotopic (exact) mass is 194 g/mol. The van der Waals surface area contributed by atoms with E-state index < -0.39 is 0 Å². The number of hydrogen-bond acceptors (Lipinski definition) is 3. The van der Waals surface area contributed by atoms with E-state index in [-0.39, 0.29) is 5.78 Å². The number of ether oxygens (including phenoxy) is 1. The van der Waals surface area contributed by atoms with Crippen LogP contribution >= 0.6 is 0 Å². The van der Waals surface area contributed by atoms with Crippen LogP contribution in [0, 0.1) is 0 Å². The fraction of sp³-hybridized carbons (Fsp3) is 0.600. The number of hydrogen-bond donors (Lipinski definition) is 0. The third-order valence-corrected chi connectivity index (χ3v) is 2.62. The minimum Gasteiger partial charge on any atom is -0.378 e. The first-order chi connectivity index (χ1) is 6.74. The van der Waals surface area contributed by atoms with Crippen molar-refractivity contribution in [1.29, 1.82) is 0 Å². The van der Waals surface area contributed by atoms with Gasteiger partial charge in [0.2, 0.25) is 0 Å². The van der Waals surface area contributed by atoms with Gasteiger partial charge in [-0.25, -0.2) is 0 Å². The molecule has 2 rings (SSSR count). The van der Waals surface area contributed by atoms with Crippen LogP contribution in [0.25, 0.3) is 0 Å². The van der Waals surface area contributed by atoms with Crippen LogP contribution in [-0.4, -0.2) is 22.7 Å². The van der Waals surface area contributed by atoms with Gasteiger partial charge in [0.1, 0.15) is 0 Å². The van der Waals surface area contributed by atoms with Gasteiger partial charge in [0.05, 0.1) is 23.6 Å². The summed E-state index contributed by atoms with van der Waals surface area (Å²) in [4.78, 5) is 11.7. The zero-order valence-electron chi connectivity index (χ0n) is 8.54. The lowest BCUT2D eigenvalue weighted by Crippen LogP contribution is -2.11. The van der Waals surface area contributed by atoms with Crippen LogP contribution in [0.2, 0.25) is 0 Å². The third-order valence-electron chi connectivity index (χ3n) is 2.62. The van der Waals surface area contributed by atoms with Gasteiger partial charge in [0, 0.05) is 20.6 Å². The first kappa shape index (κ1) is 9.40. The molecule has 0 unspecified atom stereocenters. The summed E-state index contributed by atoms with van der Waals surface area (Å²) in [6, 6.07) is 0. The Bertz CT molecular complexity index is 368. The Kier molecular flexibility index (Phi) is 2.37. The van der Waals surface area contributed by atoms with Gasteiger partial charge in [-0.15, -0.1) is 0 Å². The van der Waals surface area contributed by atoms with E-state index in [1.807, 2.05) is 7.05 Å².